The minimum atomic E-state index is -3.49. The van der Waals surface area contributed by atoms with Gasteiger partial charge in [0.05, 0.1) is 0 Å². The van der Waals surface area contributed by atoms with Gasteiger partial charge in [-0.1, -0.05) is 37.3 Å². The summed E-state index contributed by atoms with van der Waals surface area (Å²) in [6.07, 6.45) is 0.877. The van der Waals surface area contributed by atoms with Crippen LogP contribution in [0.25, 0.3) is 0 Å². The topological polar surface area (TPSA) is 41.1 Å². The Morgan fingerprint density at radius 3 is 2.60 bits per heavy atom. The summed E-state index contributed by atoms with van der Waals surface area (Å²) < 4.78 is 28.0. The van der Waals surface area contributed by atoms with Gasteiger partial charge in [-0.25, -0.2) is 0 Å². The zero-order valence-electron chi connectivity index (χ0n) is 11.2. The van der Waals surface area contributed by atoms with Gasteiger partial charge < -0.3 is 10.6 Å². The van der Waals surface area contributed by atoms with Crippen LogP contribution in [0, 0.1) is 5.92 Å². The molecule has 0 spiro atoms. The number of halogens is 3. The first-order chi connectivity index (χ1) is 9.01. The Hall–Kier alpha value is -1.20. The molecule has 3 nitrogen and oxygen atoms in total. The summed E-state index contributed by atoms with van der Waals surface area (Å²) in [5, 5.41) is 5.56. The standard InChI is InChI=1S/C14H18F2N2O.ClH/c1-10-7-8-17-9-12(10)18-13(19)14(15,16)11-5-3-2-4-6-11;/h2-6,10,12,17H,7-9H2,1H3,(H,18,19);1H. The Labute approximate surface area is 123 Å². The lowest BCUT2D eigenvalue weighted by Gasteiger charge is -2.31. The lowest BCUT2D eigenvalue weighted by molar-refractivity contribution is -0.148. The van der Waals surface area contributed by atoms with Crippen LogP contribution in [0.4, 0.5) is 8.78 Å². The van der Waals surface area contributed by atoms with E-state index in [1.807, 2.05) is 6.92 Å². The maximum atomic E-state index is 14.0. The number of amides is 1. The highest BCUT2D eigenvalue weighted by molar-refractivity contribution is 5.85. The molecule has 0 radical (unpaired) electrons. The molecule has 0 bridgehead atoms. The molecule has 1 aromatic carbocycles. The third-order valence-electron chi connectivity index (χ3n) is 3.57. The molecular formula is C14H19ClF2N2O. The van der Waals surface area contributed by atoms with E-state index in [4.69, 9.17) is 0 Å². The molecule has 1 aliphatic heterocycles. The van der Waals surface area contributed by atoms with Gasteiger partial charge in [-0.15, -0.1) is 12.4 Å². The number of carbonyl (C=O) groups is 1. The van der Waals surface area contributed by atoms with Crippen LogP contribution in [0.15, 0.2) is 30.3 Å². The van der Waals surface area contributed by atoms with E-state index in [9.17, 15) is 13.6 Å². The van der Waals surface area contributed by atoms with Gasteiger partial charge in [-0.05, 0) is 18.9 Å². The largest absolute Gasteiger partial charge is 0.349 e. The van der Waals surface area contributed by atoms with Crippen LogP contribution in [-0.4, -0.2) is 25.0 Å². The number of rotatable bonds is 3. The third-order valence-corrected chi connectivity index (χ3v) is 3.57. The zero-order chi connectivity index (χ0) is 13.9. The van der Waals surface area contributed by atoms with E-state index in [1.165, 1.54) is 24.3 Å². The number of carbonyl (C=O) groups excluding carboxylic acids is 1. The minimum absolute atomic E-state index is 0. The number of hydrogen-bond acceptors (Lipinski definition) is 2. The van der Waals surface area contributed by atoms with Crippen molar-refractivity contribution in [3.05, 3.63) is 35.9 Å². The first-order valence-corrected chi connectivity index (χ1v) is 6.47. The lowest BCUT2D eigenvalue weighted by Crippen LogP contribution is -2.53. The van der Waals surface area contributed by atoms with Gasteiger partial charge in [0, 0.05) is 18.2 Å². The van der Waals surface area contributed by atoms with Gasteiger partial charge in [0.15, 0.2) is 0 Å². The smallest absolute Gasteiger partial charge is 0.346 e. The highest BCUT2D eigenvalue weighted by atomic mass is 35.5. The first-order valence-electron chi connectivity index (χ1n) is 6.47. The van der Waals surface area contributed by atoms with E-state index in [2.05, 4.69) is 10.6 Å². The van der Waals surface area contributed by atoms with Crippen LogP contribution in [0.1, 0.15) is 18.9 Å². The molecule has 20 heavy (non-hydrogen) atoms. The molecule has 2 rings (SSSR count). The molecule has 2 unspecified atom stereocenters. The highest BCUT2D eigenvalue weighted by Gasteiger charge is 2.42. The molecule has 1 aromatic rings. The normalized spacial score (nSPS) is 22.8. The molecule has 1 amide bonds. The predicted molar refractivity (Wildman–Crippen MR) is 76.2 cm³/mol. The number of nitrogens with one attached hydrogen (secondary N) is 2. The molecule has 1 saturated heterocycles. The van der Waals surface area contributed by atoms with Crippen molar-refractivity contribution in [1.29, 1.82) is 0 Å². The van der Waals surface area contributed by atoms with Crippen LogP contribution in [0.2, 0.25) is 0 Å². The number of alkyl halides is 2. The number of piperidine rings is 1. The summed E-state index contributed by atoms with van der Waals surface area (Å²) in [5.74, 6) is -4.51. The molecule has 2 atom stereocenters. The molecule has 0 aromatic heterocycles. The Morgan fingerprint density at radius 1 is 1.35 bits per heavy atom. The molecule has 0 aliphatic carbocycles. The molecule has 2 N–H and O–H groups in total. The fourth-order valence-corrected chi connectivity index (χ4v) is 2.22. The van der Waals surface area contributed by atoms with Gasteiger partial charge in [0.25, 0.3) is 5.91 Å². The van der Waals surface area contributed by atoms with Crippen LogP contribution in [-0.2, 0) is 10.7 Å². The van der Waals surface area contributed by atoms with Gasteiger partial charge in [0.1, 0.15) is 0 Å². The van der Waals surface area contributed by atoms with Crippen molar-refractivity contribution in [1.82, 2.24) is 10.6 Å². The zero-order valence-corrected chi connectivity index (χ0v) is 12.1. The van der Waals surface area contributed by atoms with E-state index in [0.717, 1.165) is 13.0 Å². The van der Waals surface area contributed by atoms with Crippen molar-refractivity contribution in [3.63, 3.8) is 0 Å². The maximum absolute atomic E-state index is 14.0. The molecule has 0 saturated carbocycles. The van der Waals surface area contributed by atoms with E-state index in [-0.39, 0.29) is 29.9 Å². The molecule has 6 heteroatoms. The van der Waals surface area contributed by atoms with Gasteiger partial charge >= 0.3 is 5.92 Å². The summed E-state index contributed by atoms with van der Waals surface area (Å²) in [4.78, 5) is 11.8. The quantitative estimate of drug-likeness (QED) is 0.900. The predicted octanol–water partition coefficient (Wildman–Crippen LogP) is 2.31. The Balaban J connectivity index is 0.00000200. The highest BCUT2D eigenvalue weighted by Crippen LogP contribution is 2.28. The van der Waals surface area contributed by atoms with Crippen molar-refractivity contribution in [2.75, 3.05) is 13.1 Å². The van der Waals surface area contributed by atoms with Crippen LogP contribution in [0.5, 0.6) is 0 Å². The number of benzene rings is 1. The fourth-order valence-electron chi connectivity index (χ4n) is 2.22. The molecule has 112 valence electrons. The lowest BCUT2D eigenvalue weighted by atomic mass is 9.94. The van der Waals surface area contributed by atoms with Crippen LogP contribution < -0.4 is 10.6 Å². The minimum Gasteiger partial charge on any atom is -0.346 e. The van der Waals surface area contributed by atoms with Crippen molar-refractivity contribution in [3.8, 4) is 0 Å². The molecular weight excluding hydrogens is 286 g/mol. The molecule has 1 heterocycles. The van der Waals surface area contributed by atoms with Crippen LogP contribution in [0.3, 0.4) is 0 Å². The summed E-state index contributed by atoms with van der Waals surface area (Å²) in [7, 11) is 0. The summed E-state index contributed by atoms with van der Waals surface area (Å²) in [5.41, 5.74) is -0.274. The summed E-state index contributed by atoms with van der Waals surface area (Å²) >= 11 is 0. The Bertz CT molecular complexity index is 442. The van der Waals surface area contributed by atoms with E-state index < -0.39 is 11.8 Å². The second-order valence-corrected chi connectivity index (χ2v) is 4.99. The fraction of sp³-hybridized carbons (Fsp3) is 0.500. The maximum Gasteiger partial charge on any atom is 0.349 e. The second-order valence-electron chi connectivity index (χ2n) is 4.99. The van der Waals surface area contributed by atoms with Crippen molar-refractivity contribution in [2.24, 2.45) is 5.92 Å². The monoisotopic (exact) mass is 304 g/mol. The van der Waals surface area contributed by atoms with Crippen molar-refractivity contribution in [2.45, 2.75) is 25.3 Å². The van der Waals surface area contributed by atoms with E-state index in [0.29, 0.717) is 6.54 Å². The summed E-state index contributed by atoms with van der Waals surface area (Å²) in [6.45, 7) is 3.37. The molecule has 1 fully saturated rings. The second kappa shape index (κ2) is 6.99. The summed E-state index contributed by atoms with van der Waals surface area (Å²) in [6, 6.07) is 6.94. The molecule has 1 aliphatic rings. The van der Waals surface area contributed by atoms with Crippen molar-refractivity contribution < 1.29 is 13.6 Å². The average Bonchev–Trinajstić information content (AvgIpc) is 2.42. The Kier molecular flexibility index (Phi) is 5.89. The van der Waals surface area contributed by atoms with Gasteiger partial charge in [0.2, 0.25) is 0 Å². The van der Waals surface area contributed by atoms with E-state index in [1.54, 1.807) is 6.07 Å². The SMILES string of the molecule is CC1CCNCC1NC(=O)C(F)(F)c1ccccc1.Cl. The number of hydrogen-bond donors (Lipinski definition) is 2. The average molecular weight is 305 g/mol. The van der Waals surface area contributed by atoms with Gasteiger partial charge in [-0.2, -0.15) is 8.78 Å². The Morgan fingerprint density at radius 2 is 2.00 bits per heavy atom. The van der Waals surface area contributed by atoms with E-state index >= 15 is 0 Å². The van der Waals surface area contributed by atoms with Crippen molar-refractivity contribution >= 4 is 18.3 Å². The van der Waals surface area contributed by atoms with Gasteiger partial charge in [-0.3, -0.25) is 4.79 Å². The first kappa shape index (κ1) is 16.9. The third kappa shape index (κ3) is 3.67. The van der Waals surface area contributed by atoms with Crippen LogP contribution >= 0.6 is 12.4 Å².